The molecule has 1 aliphatic heterocycles. The number of quaternary nitrogens is 1. The summed E-state index contributed by atoms with van der Waals surface area (Å²) in [6.07, 6.45) is -3.91. The molecule has 4 heterocycles. The van der Waals surface area contributed by atoms with Gasteiger partial charge in [-0.3, -0.25) is 4.79 Å². The first-order valence-corrected chi connectivity index (χ1v) is 11.4. The third-order valence-electron chi connectivity index (χ3n) is 5.00. The van der Waals surface area contributed by atoms with Crippen LogP contribution >= 0.6 is 27.3 Å². The lowest BCUT2D eigenvalue weighted by Gasteiger charge is -2.23. The van der Waals surface area contributed by atoms with Crippen LogP contribution in [0.1, 0.15) is 22.6 Å². The number of alkyl halides is 3. The van der Waals surface area contributed by atoms with Gasteiger partial charge in [0, 0.05) is 13.0 Å². The highest BCUT2D eigenvalue weighted by Crippen LogP contribution is 2.35. The number of ether oxygens (including phenoxy) is 1. The maximum absolute atomic E-state index is 13.7. The van der Waals surface area contributed by atoms with E-state index in [0.29, 0.717) is 15.9 Å². The highest BCUT2D eigenvalue weighted by Gasteiger charge is 2.36. The van der Waals surface area contributed by atoms with Crippen molar-refractivity contribution >= 4 is 38.8 Å². The molecule has 31 heavy (non-hydrogen) atoms. The largest absolute Gasteiger partial charge is 0.433 e. The second-order valence-electron chi connectivity index (χ2n) is 7.12. The number of halogens is 4. The normalized spacial score (nSPS) is 15.5. The Labute approximate surface area is 188 Å². The fourth-order valence-electron chi connectivity index (χ4n) is 3.42. The van der Waals surface area contributed by atoms with Gasteiger partial charge in [0.2, 0.25) is 0 Å². The van der Waals surface area contributed by atoms with Gasteiger partial charge in [-0.1, -0.05) is 6.07 Å². The second kappa shape index (κ2) is 9.23. The molecule has 4 rings (SSSR count). The highest BCUT2D eigenvalue weighted by molar-refractivity contribution is 9.10. The Morgan fingerprint density at radius 3 is 2.81 bits per heavy atom. The van der Waals surface area contributed by atoms with E-state index in [9.17, 15) is 18.0 Å². The van der Waals surface area contributed by atoms with Crippen LogP contribution in [0.5, 0.6) is 0 Å². The van der Waals surface area contributed by atoms with Crippen LogP contribution in [0.4, 0.5) is 13.2 Å². The first-order valence-electron chi connectivity index (χ1n) is 9.74. The number of nitrogens with zero attached hydrogens (tertiary/aromatic N) is 3. The van der Waals surface area contributed by atoms with Crippen molar-refractivity contribution in [2.45, 2.75) is 12.6 Å². The monoisotopic (exact) mass is 518 g/mol. The number of hydrogen-bond acceptors (Lipinski definition) is 5. The summed E-state index contributed by atoms with van der Waals surface area (Å²) in [7, 11) is 0. The molecule has 3 aromatic heterocycles. The molecule has 2 N–H and O–H groups in total. The molecular formula is C19H20BrF3N5O2S+. The minimum atomic E-state index is -4.66. The lowest BCUT2D eigenvalue weighted by molar-refractivity contribution is -0.908. The number of carbonyl (C=O) groups is 1. The molecule has 7 nitrogen and oxygen atoms in total. The maximum atomic E-state index is 13.7. The Morgan fingerprint density at radius 1 is 1.35 bits per heavy atom. The van der Waals surface area contributed by atoms with E-state index in [-0.39, 0.29) is 21.5 Å². The molecule has 0 bridgehead atoms. The molecule has 0 spiro atoms. The van der Waals surface area contributed by atoms with Gasteiger partial charge in [-0.2, -0.15) is 18.3 Å². The van der Waals surface area contributed by atoms with E-state index in [1.165, 1.54) is 16.2 Å². The number of rotatable bonds is 6. The zero-order valence-corrected chi connectivity index (χ0v) is 18.7. The summed E-state index contributed by atoms with van der Waals surface area (Å²) >= 11 is 4.52. The predicted octanol–water partition coefficient (Wildman–Crippen LogP) is 2.27. The number of fused-ring (bicyclic) bond motifs is 1. The summed E-state index contributed by atoms with van der Waals surface area (Å²) in [4.78, 5) is 18.9. The molecule has 166 valence electrons. The van der Waals surface area contributed by atoms with Crippen LogP contribution in [0.3, 0.4) is 0 Å². The van der Waals surface area contributed by atoms with Gasteiger partial charge in [-0.15, -0.1) is 11.3 Å². The van der Waals surface area contributed by atoms with Crippen molar-refractivity contribution in [1.82, 2.24) is 19.9 Å². The topological polar surface area (TPSA) is 73.0 Å². The molecule has 1 amide bonds. The third-order valence-corrected chi connectivity index (χ3v) is 6.63. The van der Waals surface area contributed by atoms with Gasteiger partial charge in [-0.25, -0.2) is 9.50 Å². The van der Waals surface area contributed by atoms with Gasteiger partial charge in [0.25, 0.3) is 5.91 Å². The van der Waals surface area contributed by atoms with Gasteiger partial charge in [0.15, 0.2) is 17.0 Å². The minimum absolute atomic E-state index is 0.0545. The summed E-state index contributed by atoms with van der Waals surface area (Å²) < 4.78 is 47.2. The first-order chi connectivity index (χ1) is 14.8. The lowest BCUT2D eigenvalue weighted by Crippen LogP contribution is -3.14. The molecular weight excluding hydrogens is 499 g/mol. The van der Waals surface area contributed by atoms with E-state index in [1.807, 2.05) is 0 Å². The number of morpholine rings is 1. The summed E-state index contributed by atoms with van der Waals surface area (Å²) in [5, 5.41) is 8.43. The van der Waals surface area contributed by atoms with Crippen LogP contribution in [0.25, 0.3) is 16.2 Å². The van der Waals surface area contributed by atoms with Gasteiger partial charge in [-0.05, 0) is 33.4 Å². The zero-order chi connectivity index (χ0) is 22.0. The van der Waals surface area contributed by atoms with Crippen LogP contribution < -0.4 is 10.2 Å². The Bertz CT molecular complexity index is 1060. The summed E-state index contributed by atoms with van der Waals surface area (Å²) in [5.41, 5.74) is -0.992. The van der Waals surface area contributed by atoms with Crippen molar-refractivity contribution in [2.24, 2.45) is 0 Å². The summed E-state index contributed by atoms with van der Waals surface area (Å²) in [6.45, 7) is 4.63. The third kappa shape index (κ3) is 4.92. The van der Waals surface area contributed by atoms with E-state index in [2.05, 4.69) is 31.3 Å². The predicted molar refractivity (Wildman–Crippen MR) is 112 cm³/mol. The fourth-order valence-corrected chi connectivity index (χ4v) is 4.63. The Balaban J connectivity index is 1.55. The van der Waals surface area contributed by atoms with Crippen LogP contribution in [-0.2, 0) is 10.9 Å². The molecule has 12 heteroatoms. The second-order valence-corrected chi connectivity index (χ2v) is 8.86. The summed E-state index contributed by atoms with van der Waals surface area (Å²) in [6, 6.07) is 4.38. The molecule has 1 saturated heterocycles. The quantitative estimate of drug-likeness (QED) is 0.491. The van der Waals surface area contributed by atoms with Crippen molar-refractivity contribution < 1.29 is 27.6 Å². The van der Waals surface area contributed by atoms with Crippen molar-refractivity contribution in [3.63, 3.8) is 0 Å². The van der Waals surface area contributed by atoms with Crippen LogP contribution in [0.15, 0.2) is 28.1 Å². The number of thiophene rings is 1. The van der Waals surface area contributed by atoms with Crippen molar-refractivity contribution in [3.8, 4) is 10.6 Å². The van der Waals surface area contributed by atoms with Crippen LogP contribution in [0, 0.1) is 0 Å². The molecule has 0 radical (unpaired) electrons. The first kappa shape index (κ1) is 22.2. The van der Waals surface area contributed by atoms with Crippen molar-refractivity contribution in [3.05, 3.63) is 39.4 Å². The van der Waals surface area contributed by atoms with E-state index in [4.69, 9.17) is 4.74 Å². The number of hydrogen-bond donors (Lipinski definition) is 2. The van der Waals surface area contributed by atoms with Gasteiger partial charge >= 0.3 is 6.18 Å². The van der Waals surface area contributed by atoms with Crippen molar-refractivity contribution in [1.29, 1.82) is 0 Å². The smallest absolute Gasteiger partial charge is 0.370 e. The summed E-state index contributed by atoms with van der Waals surface area (Å²) in [5.74, 6) is -0.542. The average molecular weight is 519 g/mol. The molecule has 3 aromatic rings. The van der Waals surface area contributed by atoms with E-state index in [1.54, 1.807) is 17.5 Å². The SMILES string of the molecule is O=C(NCCC[NH+]1CCOCC1)c1nn2c(C(F)(F)F)cc(-c3cccs3)nc2c1Br. The standard InChI is InChI=1S/C19H19BrF3N5O2S/c20-15-16(18(29)24-4-2-5-27-6-8-30-9-7-27)26-28-14(19(21,22)23)11-12(25-17(15)28)13-3-1-10-31-13/h1,3,10-11H,2,4-9H2,(H,24,29)/p+1. The molecule has 0 aliphatic carbocycles. The zero-order valence-electron chi connectivity index (χ0n) is 16.3. The fraction of sp³-hybridized carbons (Fsp3) is 0.421. The lowest BCUT2D eigenvalue weighted by atomic mass is 10.2. The Hall–Kier alpha value is -2.02. The molecule has 1 fully saturated rings. The van der Waals surface area contributed by atoms with Crippen molar-refractivity contribution in [2.75, 3.05) is 39.4 Å². The van der Waals surface area contributed by atoms with E-state index >= 15 is 0 Å². The van der Waals surface area contributed by atoms with Gasteiger partial charge < -0.3 is 15.0 Å². The van der Waals surface area contributed by atoms with Crippen LogP contribution in [-0.4, -0.2) is 59.9 Å². The number of nitrogens with one attached hydrogen (secondary N) is 2. The average Bonchev–Trinajstić information content (AvgIpc) is 3.39. The molecule has 1 aliphatic rings. The number of amides is 1. The maximum Gasteiger partial charge on any atom is 0.433 e. The molecule has 0 saturated carbocycles. The molecule has 0 atom stereocenters. The number of aromatic nitrogens is 3. The Kier molecular flexibility index (Phi) is 6.60. The highest BCUT2D eigenvalue weighted by atomic mass is 79.9. The van der Waals surface area contributed by atoms with Gasteiger partial charge in [0.05, 0.1) is 34.8 Å². The molecule has 0 unspecified atom stereocenters. The van der Waals surface area contributed by atoms with Crippen LogP contribution in [0.2, 0.25) is 0 Å². The Morgan fingerprint density at radius 2 is 2.13 bits per heavy atom. The molecule has 0 aromatic carbocycles. The minimum Gasteiger partial charge on any atom is -0.370 e. The van der Waals surface area contributed by atoms with E-state index in [0.717, 1.165) is 45.3 Å². The number of carbonyl (C=O) groups excluding carboxylic acids is 1. The van der Waals surface area contributed by atoms with Gasteiger partial charge in [0.1, 0.15) is 13.1 Å². The van der Waals surface area contributed by atoms with E-state index < -0.39 is 17.8 Å².